The van der Waals surface area contributed by atoms with Gasteiger partial charge in [0.2, 0.25) is 5.91 Å². The number of hydrogen-bond acceptors (Lipinski definition) is 2. The number of benzene rings is 2. The van der Waals surface area contributed by atoms with Gasteiger partial charge in [-0.1, -0.05) is 43.6 Å². The Morgan fingerprint density at radius 1 is 1.07 bits per heavy atom. The molecule has 0 aliphatic heterocycles. The van der Waals surface area contributed by atoms with Crippen molar-refractivity contribution in [3.8, 4) is 0 Å². The van der Waals surface area contributed by atoms with Crippen LogP contribution in [0.15, 0.2) is 48.5 Å². The van der Waals surface area contributed by atoms with Gasteiger partial charge in [-0.25, -0.2) is 0 Å². The first-order chi connectivity index (χ1) is 13.9. The van der Waals surface area contributed by atoms with Gasteiger partial charge in [0.05, 0.1) is 0 Å². The van der Waals surface area contributed by atoms with E-state index >= 15 is 0 Å². The molecule has 0 unspecified atom stereocenters. The topological polar surface area (TPSA) is 74.0 Å². The molecule has 3 N–H and O–H groups in total. The second kappa shape index (κ2) is 9.14. The third-order valence-electron chi connectivity index (χ3n) is 5.04. The fraction of sp³-hybridized carbons (Fsp3) is 0.304. The number of fused-ring (bicyclic) bond motifs is 1. The normalized spacial score (nSPS) is 12.2. The van der Waals surface area contributed by atoms with E-state index < -0.39 is 6.04 Å². The lowest BCUT2D eigenvalue weighted by molar-refractivity contribution is -0.123. The zero-order valence-electron chi connectivity index (χ0n) is 16.9. The van der Waals surface area contributed by atoms with E-state index in [9.17, 15) is 9.59 Å². The van der Waals surface area contributed by atoms with E-state index in [1.807, 2.05) is 39.0 Å². The van der Waals surface area contributed by atoms with Crippen molar-refractivity contribution in [3.05, 3.63) is 70.4 Å². The molecule has 152 valence electrons. The van der Waals surface area contributed by atoms with Gasteiger partial charge in [-0.2, -0.15) is 0 Å². The first-order valence-corrected chi connectivity index (χ1v) is 10.1. The number of rotatable bonds is 7. The van der Waals surface area contributed by atoms with Crippen LogP contribution in [0.5, 0.6) is 0 Å². The van der Waals surface area contributed by atoms with Crippen LogP contribution in [0.2, 0.25) is 5.02 Å². The van der Waals surface area contributed by atoms with Crippen LogP contribution >= 0.6 is 11.6 Å². The van der Waals surface area contributed by atoms with Crippen molar-refractivity contribution in [3.63, 3.8) is 0 Å². The van der Waals surface area contributed by atoms with Gasteiger partial charge in [0.1, 0.15) is 6.04 Å². The number of aromatic nitrogens is 1. The summed E-state index contributed by atoms with van der Waals surface area (Å²) in [6.45, 7) is 6.37. The van der Waals surface area contributed by atoms with Gasteiger partial charge in [0.15, 0.2) is 0 Å². The number of nitrogens with one attached hydrogen (secondary N) is 3. The molecule has 29 heavy (non-hydrogen) atoms. The molecule has 2 amide bonds. The Labute approximate surface area is 175 Å². The quantitative estimate of drug-likeness (QED) is 0.544. The Balaban J connectivity index is 1.61. The Hall–Kier alpha value is -2.79. The number of carbonyl (C=O) groups excluding carboxylic acids is 2. The average Bonchev–Trinajstić information content (AvgIpc) is 3.01. The summed E-state index contributed by atoms with van der Waals surface area (Å²) in [5, 5.41) is 7.55. The van der Waals surface area contributed by atoms with E-state index in [4.69, 9.17) is 11.6 Å². The maximum absolute atomic E-state index is 12.7. The standard InChI is InChI=1S/C23H26ClN3O2/c1-14(2)21(27-22(28)16-8-10-17(24)11-9-16)23(29)25-13-12-18-15(3)26-20-7-5-4-6-19(18)20/h4-11,14,21,26H,12-13H2,1-3H3,(H,25,29)(H,27,28)/t21-/m0/s1. The summed E-state index contributed by atoms with van der Waals surface area (Å²) in [7, 11) is 0. The van der Waals surface area contributed by atoms with Crippen LogP contribution < -0.4 is 10.6 Å². The lowest BCUT2D eigenvalue weighted by atomic mass is 10.0. The van der Waals surface area contributed by atoms with Crippen molar-refractivity contribution in [2.75, 3.05) is 6.54 Å². The molecule has 3 aromatic rings. The van der Waals surface area contributed by atoms with E-state index in [0.717, 1.165) is 17.6 Å². The highest BCUT2D eigenvalue weighted by molar-refractivity contribution is 6.30. The Morgan fingerprint density at radius 3 is 2.45 bits per heavy atom. The van der Waals surface area contributed by atoms with Gasteiger partial charge in [0, 0.05) is 33.7 Å². The second-order valence-corrected chi connectivity index (χ2v) is 7.95. The second-order valence-electron chi connectivity index (χ2n) is 7.52. The van der Waals surface area contributed by atoms with Gasteiger partial charge in [0.25, 0.3) is 5.91 Å². The molecule has 2 aromatic carbocycles. The number of para-hydroxylation sites is 1. The number of hydrogen-bond donors (Lipinski definition) is 3. The molecule has 1 atom stereocenters. The lowest BCUT2D eigenvalue weighted by Gasteiger charge is -2.22. The minimum atomic E-state index is -0.609. The molecule has 6 heteroatoms. The molecule has 1 heterocycles. The van der Waals surface area contributed by atoms with Gasteiger partial charge < -0.3 is 15.6 Å². The van der Waals surface area contributed by atoms with Crippen LogP contribution in [-0.4, -0.2) is 29.4 Å². The molecule has 1 aromatic heterocycles. The molecule has 0 fully saturated rings. The predicted octanol–water partition coefficient (Wildman–Crippen LogP) is 4.24. The monoisotopic (exact) mass is 411 g/mol. The number of H-pyrrole nitrogens is 1. The van der Waals surface area contributed by atoms with E-state index in [2.05, 4.69) is 21.7 Å². The highest BCUT2D eigenvalue weighted by Crippen LogP contribution is 2.22. The maximum Gasteiger partial charge on any atom is 0.251 e. The molecule has 0 aliphatic rings. The maximum atomic E-state index is 12.7. The number of amides is 2. The van der Waals surface area contributed by atoms with Gasteiger partial charge >= 0.3 is 0 Å². The molecular formula is C23H26ClN3O2. The zero-order chi connectivity index (χ0) is 21.0. The highest BCUT2D eigenvalue weighted by atomic mass is 35.5. The first kappa shape index (κ1) is 20.9. The summed E-state index contributed by atoms with van der Waals surface area (Å²) in [5.74, 6) is -0.510. The van der Waals surface area contributed by atoms with E-state index in [1.54, 1.807) is 24.3 Å². The van der Waals surface area contributed by atoms with Crippen LogP contribution in [0.1, 0.15) is 35.5 Å². The van der Waals surface area contributed by atoms with Crippen LogP contribution in [-0.2, 0) is 11.2 Å². The molecule has 0 saturated heterocycles. The summed E-state index contributed by atoms with van der Waals surface area (Å²) in [5.41, 5.74) is 3.88. The fourth-order valence-corrected chi connectivity index (χ4v) is 3.56. The van der Waals surface area contributed by atoms with Crippen molar-refractivity contribution in [1.29, 1.82) is 0 Å². The SMILES string of the molecule is Cc1[nH]c2ccccc2c1CCNC(=O)[C@@H](NC(=O)c1ccc(Cl)cc1)C(C)C. The highest BCUT2D eigenvalue weighted by Gasteiger charge is 2.24. The molecule has 0 saturated carbocycles. The fourth-order valence-electron chi connectivity index (χ4n) is 3.44. The Kier molecular flexibility index (Phi) is 6.60. The van der Waals surface area contributed by atoms with Crippen LogP contribution in [0.25, 0.3) is 10.9 Å². The van der Waals surface area contributed by atoms with E-state index in [1.165, 1.54) is 10.9 Å². The minimum absolute atomic E-state index is 0.0407. The van der Waals surface area contributed by atoms with Gasteiger partial charge in [-0.15, -0.1) is 0 Å². The van der Waals surface area contributed by atoms with Gasteiger partial charge in [-0.3, -0.25) is 9.59 Å². The number of carbonyl (C=O) groups is 2. The number of aromatic amines is 1. The van der Waals surface area contributed by atoms with Crippen molar-refractivity contribution < 1.29 is 9.59 Å². The third-order valence-corrected chi connectivity index (χ3v) is 5.30. The first-order valence-electron chi connectivity index (χ1n) is 9.77. The van der Waals surface area contributed by atoms with Crippen molar-refractivity contribution in [2.24, 2.45) is 5.92 Å². The minimum Gasteiger partial charge on any atom is -0.358 e. The van der Waals surface area contributed by atoms with Crippen molar-refractivity contribution in [2.45, 2.75) is 33.2 Å². The molecular weight excluding hydrogens is 386 g/mol. The summed E-state index contributed by atoms with van der Waals surface area (Å²) in [6, 6.07) is 14.1. The predicted molar refractivity (Wildman–Crippen MR) is 117 cm³/mol. The molecule has 3 rings (SSSR count). The lowest BCUT2D eigenvalue weighted by Crippen LogP contribution is -2.50. The Morgan fingerprint density at radius 2 is 1.76 bits per heavy atom. The summed E-state index contributed by atoms with van der Waals surface area (Å²) < 4.78 is 0. The van der Waals surface area contributed by atoms with Gasteiger partial charge in [-0.05, 0) is 55.2 Å². The van der Waals surface area contributed by atoms with Crippen LogP contribution in [0.3, 0.4) is 0 Å². The summed E-state index contributed by atoms with van der Waals surface area (Å²) >= 11 is 5.87. The number of halogens is 1. The van der Waals surface area contributed by atoms with Crippen molar-refractivity contribution >= 4 is 34.3 Å². The Bertz CT molecular complexity index is 1010. The van der Waals surface area contributed by atoms with E-state index in [0.29, 0.717) is 17.1 Å². The molecule has 0 radical (unpaired) electrons. The molecule has 0 aliphatic carbocycles. The zero-order valence-corrected chi connectivity index (χ0v) is 17.6. The van der Waals surface area contributed by atoms with Crippen molar-refractivity contribution in [1.82, 2.24) is 15.6 Å². The molecule has 0 bridgehead atoms. The largest absolute Gasteiger partial charge is 0.358 e. The smallest absolute Gasteiger partial charge is 0.251 e. The molecule has 5 nitrogen and oxygen atoms in total. The van der Waals surface area contributed by atoms with E-state index in [-0.39, 0.29) is 17.7 Å². The summed E-state index contributed by atoms with van der Waals surface area (Å²) in [4.78, 5) is 28.6. The van der Waals surface area contributed by atoms with Crippen LogP contribution in [0.4, 0.5) is 0 Å². The number of aryl methyl sites for hydroxylation is 1. The molecule has 0 spiro atoms. The van der Waals surface area contributed by atoms with Crippen LogP contribution in [0, 0.1) is 12.8 Å². The average molecular weight is 412 g/mol. The summed E-state index contributed by atoms with van der Waals surface area (Å²) in [6.07, 6.45) is 0.720. The third kappa shape index (κ3) is 4.98.